The molecular formula is C17H18N6O. The second kappa shape index (κ2) is 6.37. The van der Waals surface area contributed by atoms with Gasteiger partial charge in [-0.1, -0.05) is 18.6 Å². The number of fused-ring (bicyclic) bond motifs is 1. The van der Waals surface area contributed by atoms with E-state index in [0.29, 0.717) is 17.2 Å². The molecule has 3 aliphatic rings. The van der Waals surface area contributed by atoms with E-state index in [4.69, 9.17) is 0 Å². The number of hydrazine groups is 1. The van der Waals surface area contributed by atoms with E-state index < -0.39 is 0 Å². The first-order valence-electron chi connectivity index (χ1n) is 8.12. The number of benzene rings is 1. The predicted molar refractivity (Wildman–Crippen MR) is 89.1 cm³/mol. The molecule has 24 heavy (non-hydrogen) atoms. The molecule has 1 aromatic rings. The summed E-state index contributed by atoms with van der Waals surface area (Å²) in [6.45, 7) is 1.84. The van der Waals surface area contributed by atoms with Crippen LogP contribution in [0.25, 0.3) is 22.9 Å². The van der Waals surface area contributed by atoms with Crippen molar-refractivity contribution in [1.82, 2.24) is 30.4 Å². The molecule has 7 nitrogen and oxygen atoms in total. The minimum Gasteiger partial charge on any atom is -0.350 e. The Morgan fingerprint density at radius 1 is 1.04 bits per heavy atom. The summed E-state index contributed by atoms with van der Waals surface area (Å²) in [7, 11) is 0. The van der Waals surface area contributed by atoms with Gasteiger partial charge in [0, 0.05) is 30.4 Å². The van der Waals surface area contributed by atoms with Gasteiger partial charge in [0.05, 0.1) is 6.33 Å². The normalized spacial score (nSPS) is 15.5. The molecule has 1 fully saturated rings. The van der Waals surface area contributed by atoms with E-state index in [1.54, 1.807) is 24.7 Å². The summed E-state index contributed by atoms with van der Waals surface area (Å²) in [6, 6.07) is 7.33. The average Bonchev–Trinajstić information content (AvgIpc) is 3.07. The largest absolute Gasteiger partial charge is 0.350 e. The Morgan fingerprint density at radius 3 is 2.58 bits per heavy atom. The van der Waals surface area contributed by atoms with E-state index in [-0.39, 0.29) is 5.91 Å². The van der Waals surface area contributed by atoms with Gasteiger partial charge in [-0.05, 0) is 25.0 Å². The quantitative estimate of drug-likeness (QED) is 0.771. The number of rotatable bonds is 3. The third kappa shape index (κ3) is 2.98. The van der Waals surface area contributed by atoms with Crippen LogP contribution < -0.4 is 5.43 Å². The molecule has 3 heterocycles. The van der Waals surface area contributed by atoms with Crippen molar-refractivity contribution < 1.29 is 4.79 Å². The zero-order chi connectivity index (χ0) is 16.4. The lowest BCUT2D eigenvalue weighted by atomic mass is 10.1. The van der Waals surface area contributed by atoms with Gasteiger partial charge in [-0.15, -0.1) is 0 Å². The van der Waals surface area contributed by atoms with Crippen molar-refractivity contribution in [3.05, 3.63) is 42.4 Å². The topological polar surface area (TPSA) is 86.8 Å². The van der Waals surface area contributed by atoms with Crippen LogP contribution in [0, 0.1) is 0 Å². The SMILES string of the molecule is O=C(NN1CCCCC1)c1ccc(-c2nc3c[nH]cnc-3n2)cc1. The highest BCUT2D eigenvalue weighted by Crippen LogP contribution is 2.22. The van der Waals surface area contributed by atoms with Gasteiger partial charge >= 0.3 is 0 Å². The van der Waals surface area contributed by atoms with Crippen LogP contribution in [-0.2, 0) is 0 Å². The molecule has 0 aromatic heterocycles. The summed E-state index contributed by atoms with van der Waals surface area (Å²) in [5.74, 6) is 1.14. The third-order valence-electron chi connectivity index (χ3n) is 4.17. The Labute approximate surface area is 139 Å². The number of piperidine rings is 1. The molecule has 4 rings (SSSR count). The highest BCUT2D eigenvalue weighted by atomic mass is 16.2. The Balaban J connectivity index is 1.50. The maximum atomic E-state index is 12.3. The van der Waals surface area contributed by atoms with Gasteiger partial charge in [0.15, 0.2) is 11.6 Å². The molecule has 2 N–H and O–H groups in total. The first kappa shape index (κ1) is 14.8. The molecule has 1 saturated heterocycles. The number of nitrogens with zero attached hydrogens (tertiary/aromatic N) is 4. The van der Waals surface area contributed by atoms with Gasteiger partial charge in [0.1, 0.15) is 5.69 Å². The Morgan fingerprint density at radius 2 is 1.83 bits per heavy atom. The zero-order valence-corrected chi connectivity index (χ0v) is 13.2. The average molecular weight is 322 g/mol. The summed E-state index contributed by atoms with van der Waals surface area (Å²) < 4.78 is 0. The first-order valence-corrected chi connectivity index (χ1v) is 8.12. The number of H-pyrrole nitrogens is 1. The van der Waals surface area contributed by atoms with Gasteiger partial charge in [-0.3, -0.25) is 10.2 Å². The van der Waals surface area contributed by atoms with Gasteiger partial charge in [0.2, 0.25) is 0 Å². The third-order valence-corrected chi connectivity index (χ3v) is 4.17. The number of hydrogen-bond acceptors (Lipinski definition) is 5. The van der Waals surface area contributed by atoms with Crippen molar-refractivity contribution in [1.29, 1.82) is 0 Å². The number of imidazole rings is 1. The lowest BCUT2D eigenvalue weighted by molar-refractivity contribution is 0.0750. The molecule has 0 saturated carbocycles. The monoisotopic (exact) mass is 322 g/mol. The van der Waals surface area contributed by atoms with Crippen LogP contribution >= 0.6 is 0 Å². The number of nitrogens with one attached hydrogen (secondary N) is 2. The van der Waals surface area contributed by atoms with Crippen molar-refractivity contribution in [2.75, 3.05) is 13.1 Å². The van der Waals surface area contributed by atoms with Crippen molar-refractivity contribution in [2.45, 2.75) is 19.3 Å². The molecule has 0 spiro atoms. The summed E-state index contributed by atoms with van der Waals surface area (Å²) >= 11 is 0. The van der Waals surface area contributed by atoms with Gasteiger partial charge in [0.25, 0.3) is 5.91 Å². The summed E-state index contributed by atoms with van der Waals surface area (Å²) in [5, 5.41) is 1.99. The molecule has 7 heteroatoms. The predicted octanol–water partition coefficient (Wildman–Crippen LogP) is 2.10. The standard InChI is InChI=1S/C17H18N6O/c24-17(22-23-8-2-1-3-9-23)13-6-4-12(5-7-13)15-20-14-10-18-11-19-16(14)21-15/h4-7,10-11H,1-3,8-9H2,(H,22,24)(H,18,19,20,21). The number of amides is 1. The molecule has 0 bridgehead atoms. The zero-order valence-electron chi connectivity index (χ0n) is 13.2. The fraction of sp³-hybridized carbons (Fsp3) is 0.294. The molecule has 0 aliphatic carbocycles. The van der Waals surface area contributed by atoms with Crippen LogP contribution in [0.3, 0.4) is 0 Å². The minimum absolute atomic E-state index is 0.0756. The highest BCUT2D eigenvalue weighted by molar-refractivity contribution is 5.94. The summed E-state index contributed by atoms with van der Waals surface area (Å²) in [4.78, 5) is 28.2. The van der Waals surface area contributed by atoms with Crippen LogP contribution in [0.5, 0.6) is 0 Å². The van der Waals surface area contributed by atoms with E-state index in [1.807, 2.05) is 17.1 Å². The van der Waals surface area contributed by atoms with Crippen molar-refractivity contribution in [3.8, 4) is 22.9 Å². The summed E-state index contributed by atoms with van der Waals surface area (Å²) in [6.07, 6.45) is 6.84. The maximum absolute atomic E-state index is 12.3. The van der Waals surface area contributed by atoms with Crippen LogP contribution in [0.2, 0.25) is 0 Å². The number of aromatic amines is 1. The number of carbonyl (C=O) groups excluding carboxylic acids is 1. The minimum atomic E-state index is -0.0756. The molecule has 1 aromatic carbocycles. The molecule has 0 atom stereocenters. The fourth-order valence-corrected chi connectivity index (χ4v) is 2.87. The first-order chi connectivity index (χ1) is 11.8. The maximum Gasteiger partial charge on any atom is 0.265 e. The number of aromatic nitrogens is 4. The summed E-state index contributed by atoms with van der Waals surface area (Å²) in [5.41, 5.74) is 5.18. The molecule has 122 valence electrons. The van der Waals surface area contributed by atoms with Crippen molar-refractivity contribution in [3.63, 3.8) is 0 Å². The molecule has 0 radical (unpaired) electrons. The van der Waals surface area contributed by atoms with Crippen LogP contribution in [0.15, 0.2) is 36.8 Å². The Kier molecular flexibility index (Phi) is 3.92. The van der Waals surface area contributed by atoms with E-state index in [2.05, 4.69) is 25.4 Å². The molecule has 3 aliphatic heterocycles. The molecule has 0 unspecified atom stereocenters. The number of hydrogen-bond donors (Lipinski definition) is 2. The van der Waals surface area contributed by atoms with E-state index >= 15 is 0 Å². The lowest BCUT2D eigenvalue weighted by Gasteiger charge is -2.26. The number of carbonyl (C=O) groups is 1. The van der Waals surface area contributed by atoms with Gasteiger partial charge in [-0.2, -0.15) is 0 Å². The van der Waals surface area contributed by atoms with E-state index in [9.17, 15) is 4.79 Å². The molecular weight excluding hydrogens is 304 g/mol. The smallest absolute Gasteiger partial charge is 0.265 e. The highest BCUT2D eigenvalue weighted by Gasteiger charge is 2.16. The van der Waals surface area contributed by atoms with Crippen LogP contribution in [0.1, 0.15) is 29.6 Å². The van der Waals surface area contributed by atoms with Gasteiger partial charge in [-0.25, -0.2) is 20.0 Å². The van der Waals surface area contributed by atoms with Gasteiger partial charge < -0.3 is 4.98 Å². The van der Waals surface area contributed by atoms with Crippen LogP contribution in [-0.4, -0.2) is 43.9 Å². The lowest BCUT2D eigenvalue weighted by Crippen LogP contribution is -2.45. The van der Waals surface area contributed by atoms with Crippen LogP contribution in [0.4, 0.5) is 0 Å². The second-order valence-electron chi connectivity index (χ2n) is 5.89. The van der Waals surface area contributed by atoms with E-state index in [0.717, 1.165) is 37.2 Å². The fourth-order valence-electron chi connectivity index (χ4n) is 2.87. The second-order valence-corrected chi connectivity index (χ2v) is 5.89. The van der Waals surface area contributed by atoms with Crippen molar-refractivity contribution in [2.24, 2.45) is 0 Å². The Bertz CT molecular complexity index is 776. The molecule has 1 amide bonds. The van der Waals surface area contributed by atoms with Crippen molar-refractivity contribution >= 4 is 5.91 Å². The van der Waals surface area contributed by atoms with E-state index in [1.165, 1.54) is 6.42 Å². The Hall–Kier alpha value is -2.80.